The first-order valence-corrected chi connectivity index (χ1v) is 3.42. The van der Waals surface area contributed by atoms with E-state index in [4.69, 9.17) is 14.7 Å². The van der Waals surface area contributed by atoms with Gasteiger partial charge < -0.3 is 6.15 Å². The van der Waals surface area contributed by atoms with Gasteiger partial charge in [0, 0.05) is 0 Å². The van der Waals surface area contributed by atoms with Crippen LogP contribution in [0.4, 0.5) is 0 Å². The molecule has 0 atom stereocenters. The first-order valence-electron chi connectivity index (χ1n) is 0.577. The molecule has 0 bridgehead atoms. The fraction of sp³-hybridized carbons (Fsp3) is 0. The summed E-state index contributed by atoms with van der Waals surface area (Å²) < 4.78 is 34.4. The van der Waals surface area contributed by atoms with Crippen molar-refractivity contribution in [3.05, 3.63) is 0 Å². The Morgan fingerprint density at radius 2 is 1.17 bits per heavy atom. The van der Waals surface area contributed by atoms with Crippen molar-refractivity contribution in [3.8, 4) is 0 Å². The van der Waals surface area contributed by atoms with Gasteiger partial charge in [0.25, 0.3) is 0 Å². The van der Waals surface area contributed by atoms with Crippen LogP contribution in [0.5, 0.6) is 0 Å². The molecule has 0 amide bonds. The molecule has 0 rings (SSSR count). The summed E-state index contributed by atoms with van der Waals surface area (Å²) in [6.07, 6.45) is 0. The van der Waals surface area contributed by atoms with Crippen LogP contribution in [-0.2, 0) is 25.7 Å². The summed E-state index contributed by atoms with van der Waals surface area (Å²) >= 11 is -5.86. The van der Waals surface area contributed by atoms with Gasteiger partial charge in [0.2, 0.25) is 0 Å². The summed E-state index contributed by atoms with van der Waals surface area (Å²) in [7, 11) is 0. The van der Waals surface area contributed by atoms with E-state index in [1.54, 1.807) is 0 Å². The van der Waals surface area contributed by atoms with E-state index in [1.807, 2.05) is 0 Å². The summed E-state index contributed by atoms with van der Waals surface area (Å²) in [5, 5.41) is 0. The average Bonchev–Trinajstić information content (AvgIpc) is 0.722. The van der Waals surface area contributed by atoms with Crippen molar-refractivity contribution in [2.24, 2.45) is 0 Å². The topological polar surface area (TPSA) is 111 Å². The molecule has 5 nitrogen and oxygen atoms in total. The monoisotopic (exact) mass is 184 g/mol. The van der Waals surface area contributed by atoms with Crippen LogP contribution < -0.4 is 10.1 Å². The maximum atomic E-state index is 8.61. The quantitative estimate of drug-likeness (QED) is 0.476. The van der Waals surface area contributed by atoms with E-state index < -0.39 is 15.0 Å². The maximum absolute atomic E-state index is 8.61. The zero-order chi connectivity index (χ0) is 4.50. The van der Waals surface area contributed by atoms with E-state index in [1.165, 1.54) is 0 Å². The van der Waals surface area contributed by atoms with Crippen LogP contribution in [0.2, 0.25) is 0 Å². The molecule has 0 saturated heterocycles. The molecular formula is H4NO4Ru. The summed E-state index contributed by atoms with van der Waals surface area (Å²) in [6.45, 7) is 0. The van der Waals surface area contributed by atoms with Crippen molar-refractivity contribution in [2.75, 3.05) is 0 Å². The normalized spacial score (nSPS) is 9.50. The van der Waals surface area contributed by atoms with E-state index in [-0.39, 0.29) is 6.15 Å². The Bertz CT molecular complexity index is 129. The molecule has 0 radical (unpaired) electrons. The molecule has 0 spiro atoms. The molecule has 0 fully saturated rings. The number of hydrogen-bond acceptors (Lipinski definition) is 4. The van der Waals surface area contributed by atoms with Crippen molar-refractivity contribution >= 4 is 0 Å². The molecule has 6 heavy (non-hydrogen) atoms. The van der Waals surface area contributed by atoms with Crippen LogP contribution in [0.15, 0.2) is 0 Å². The fourth-order valence-electron chi connectivity index (χ4n) is 0. The number of quaternary nitrogens is 1. The predicted molar refractivity (Wildman–Crippen MR) is 8.04 cm³/mol. The van der Waals surface area contributed by atoms with Crippen molar-refractivity contribution in [2.45, 2.75) is 0 Å². The van der Waals surface area contributed by atoms with Gasteiger partial charge in [-0.1, -0.05) is 0 Å². The Kier molecular flexibility index (Phi) is 3.39. The molecule has 0 heterocycles. The Balaban J connectivity index is 0. The van der Waals surface area contributed by atoms with Crippen LogP contribution in [0.25, 0.3) is 0 Å². The van der Waals surface area contributed by atoms with Gasteiger partial charge in [0.05, 0.1) is 0 Å². The second-order valence-corrected chi connectivity index (χ2v) is 2.09. The van der Waals surface area contributed by atoms with Gasteiger partial charge in [-0.2, -0.15) is 0 Å². The molecule has 0 aliphatic carbocycles. The predicted octanol–water partition coefficient (Wildman–Crippen LogP) is -1.17. The van der Waals surface area contributed by atoms with Gasteiger partial charge in [-0.05, 0) is 0 Å². The molecule has 0 aromatic rings. The Morgan fingerprint density at radius 3 is 1.17 bits per heavy atom. The average molecular weight is 183 g/mol. The van der Waals surface area contributed by atoms with Crippen LogP contribution in [0.3, 0.4) is 0 Å². The Morgan fingerprint density at radius 1 is 1.17 bits per heavy atom. The van der Waals surface area contributed by atoms with Gasteiger partial charge in [-0.15, -0.1) is 0 Å². The van der Waals surface area contributed by atoms with Crippen molar-refractivity contribution in [3.63, 3.8) is 0 Å². The molecule has 0 aliphatic heterocycles. The molecule has 0 saturated carbocycles. The molecule has 0 unspecified atom stereocenters. The van der Waals surface area contributed by atoms with Gasteiger partial charge in [-0.25, -0.2) is 0 Å². The van der Waals surface area contributed by atoms with Gasteiger partial charge >= 0.3 is 29.6 Å². The first kappa shape index (κ1) is 9.34. The van der Waals surface area contributed by atoms with Crippen molar-refractivity contribution in [1.29, 1.82) is 0 Å². The van der Waals surface area contributed by atoms with Gasteiger partial charge in [0.1, 0.15) is 0 Å². The molecule has 6 heteroatoms. The molecule has 0 aromatic heterocycles. The van der Waals surface area contributed by atoms with Crippen LogP contribution in [0, 0.1) is 0 Å². The minimum absolute atomic E-state index is 0. The van der Waals surface area contributed by atoms with E-state index >= 15 is 0 Å². The fourth-order valence-corrected chi connectivity index (χ4v) is 0. The van der Waals surface area contributed by atoms with E-state index in [9.17, 15) is 0 Å². The van der Waals surface area contributed by atoms with Crippen LogP contribution in [-0.4, -0.2) is 0 Å². The van der Waals surface area contributed by atoms with E-state index in [2.05, 4.69) is 0 Å². The Labute approximate surface area is 36.6 Å². The molecule has 41 valence electrons. The third-order valence-corrected chi connectivity index (χ3v) is 0. The van der Waals surface area contributed by atoms with Crippen LogP contribution >= 0.6 is 0 Å². The third kappa shape index (κ3) is 10700. The van der Waals surface area contributed by atoms with Crippen molar-refractivity contribution in [1.82, 2.24) is 6.15 Å². The van der Waals surface area contributed by atoms with Crippen molar-refractivity contribution < 1.29 is 29.6 Å². The van der Waals surface area contributed by atoms with E-state index in [0.717, 1.165) is 0 Å². The zero-order valence-corrected chi connectivity index (χ0v) is 4.72. The minimum atomic E-state index is -5.86. The number of rotatable bonds is 0. The summed E-state index contributed by atoms with van der Waals surface area (Å²) in [4.78, 5) is 0. The van der Waals surface area contributed by atoms with Gasteiger partial charge in [0.15, 0.2) is 0 Å². The summed E-state index contributed by atoms with van der Waals surface area (Å²) in [6, 6.07) is 0. The molecular weight excluding hydrogens is 179 g/mol. The first-order chi connectivity index (χ1) is 2.00. The summed E-state index contributed by atoms with van der Waals surface area (Å²) in [5.41, 5.74) is 0. The summed E-state index contributed by atoms with van der Waals surface area (Å²) in [5.74, 6) is 0. The Hall–Kier alpha value is -0.0566. The van der Waals surface area contributed by atoms with Gasteiger partial charge in [-0.3, -0.25) is 0 Å². The second-order valence-electron chi connectivity index (χ2n) is 0.354. The zero-order valence-electron chi connectivity index (χ0n) is 2.99. The third-order valence-electron chi connectivity index (χ3n) is 0. The number of hydrogen-bond donors (Lipinski definition) is 1. The molecule has 0 aromatic carbocycles. The van der Waals surface area contributed by atoms with Crippen LogP contribution in [0.1, 0.15) is 0 Å². The standard InChI is InChI=1S/H3N.4O.Ru/h1H3;;;;;/q;;;;-1;/p+1. The molecule has 4 N–H and O–H groups in total. The molecule has 0 aliphatic rings. The SMILES string of the molecule is [NH4+].[O]=[Ru](=[O])(=[O])[O-]. The van der Waals surface area contributed by atoms with E-state index in [0.29, 0.717) is 0 Å². The second kappa shape index (κ2) is 2.18.